The maximum absolute atomic E-state index is 13.0. The molecule has 1 heterocycles. The van der Waals surface area contributed by atoms with Crippen LogP contribution in [0.5, 0.6) is 0 Å². The summed E-state index contributed by atoms with van der Waals surface area (Å²) in [4.78, 5) is 10.0. The molecule has 0 bridgehead atoms. The average Bonchev–Trinajstić information content (AvgIpc) is 3.12. The second-order valence-electron chi connectivity index (χ2n) is 8.14. The van der Waals surface area contributed by atoms with E-state index in [1.165, 1.54) is 31.2 Å². The van der Waals surface area contributed by atoms with Gasteiger partial charge in [-0.15, -0.1) is 0 Å². The summed E-state index contributed by atoms with van der Waals surface area (Å²) in [6, 6.07) is 6.37. The predicted octanol–water partition coefficient (Wildman–Crippen LogP) is 2.04. The first-order valence-electron chi connectivity index (χ1n) is 10.4. The molecule has 0 fully saturated rings. The van der Waals surface area contributed by atoms with Crippen LogP contribution in [0.4, 0.5) is 11.4 Å². The first-order valence-corrected chi connectivity index (χ1v) is 15.9. The fourth-order valence-electron chi connectivity index (χ4n) is 3.66. The van der Waals surface area contributed by atoms with E-state index in [-0.39, 0.29) is 16.3 Å². The van der Waals surface area contributed by atoms with Crippen LogP contribution in [0.3, 0.4) is 0 Å². The Morgan fingerprint density at radius 1 is 0.875 bits per heavy atom. The Balaban J connectivity index is 1.83. The number of hydrogen-bond acceptors (Lipinski definition) is 11. The van der Waals surface area contributed by atoms with E-state index in [9.17, 15) is 47.9 Å². The van der Waals surface area contributed by atoms with Crippen molar-refractivity contribution in [2.45, 2.75) is 32.5 Å². The summed E-state index contributed by atoms with van der Waals surface area (Å²) in [5.74, 6) is -0.760. The highest BCUT2D eigenvalue weighted by Gasteiger charge is 2.35. The van der Waals surface area contributed by atoms with Gasteiger partial charge in [-0.05, 0) is 60.8 Å². The van der Waals surface area contributed by atoms with E-state index in [0.29, 0.717) is 18.2 Å². The van der Waals surface area contributed by atoms with Crippen molar-refractivity contribution in [1.82, 2.24) is 0 Å². The van der Waals surface area contributed by atoms with E-state index in [4.69, 9.17) is 4.55 Å². The van der Waals surface area contributed by atoms with Gasteiger partial charge in [0.25, 0.3) is 36.3 Å². The van der Waals surface area contributed by atoms with Crippen LogP contribution in [0.25, 0.3) is 10.8 Å². The molecule has 1 aliphatic heterocycles. The second kappa shape index (κ2) is 10.2. The molecule has 40 heavy (non-hydrogen) atoms. The van der Waals surface area contributed by atoms with Crippen LogP contribution in [0.2, 0.25) is 0 Å². The Hall–Kier alpha value is -3.50. The molecule has 0 spiro atoms. The van der Waals surface area contributed by atoms with E-state index in [2.05, 4.69) is 15.3 Å². The lowest BCUT2D eigenvalue weighted by Gasteiger charge is -2.13. The zero-order chi connectivity index (χ0) is 29.8. The lowest BCUT2D eigenvalue weighted by Crippen LogP contribution is -2.29. The summed E-state index contributed by atoms with van der Waals surface area (Å²) in [5.41, 5.74) is -0.393. The second-order valence-corrected chi connectivity index (χ2v) is 13.3. The number of carbonyl (C=O) groups excluding carboxylic acids is 1. The molecule has 0 radical (unpaired) electrons. The topological polar surface area (TPSA) is 258 Å². The summed E-state index contributed by atoms with van der Waals surface area (Å²) in [6.07, 6.45) is 0. The number of azo groups is 1. The van der Waals surface area contributed by atoms with Gasteiger partial charge in [0.15, 0.2) is 17.1 Å². The van der Waals surface area contributed by atoms with Crippen LogP contribution >= 0.6 is 0 Å². The minimum atomic E-state index is -5.15. The number of amides is 1. The summed E-state index contributed by atoms with van der Waals surface area (Å²) in [6.45, 7) is 1.40. The van der Waals surface area contributed by atoms with Crippen molar-refractivity contribution < 1.29 is 52.5 Å². The molecule has 16 nitrogen and oxygen atoms in total. The molecule has 1 aliphatic rings. The van der Waals surface area contributed by atoms with Gasteiger partial charge in [0, 0.05) is 5.39 Å². The minimum absolute atomic E-state index is 0.0642. The standard InChI is InChI=1S/C20H16N4O12S4/c1-10-19(20(25)24(23-10)12-2-4-13(5-3-12)37(26)27)22-21-16-9-15-11(7-18(16)40(34,35)36)6-14(38(28,29)30)8-17(15)39(31,32)33/h2-9,19H,1H3,(H,26,27)(H,28,29,30)(H,31,32,33)(H,34,35,36). The number of anilines is 1. The summed E-state index contributed by atoms with van der Waals surface area (Å²) in [7, 11) is -15.3. The van der Waals surface area contributed by atoms with Gasteiger partial charge in [-0.25, -0.2) is 4.21 Å². The predicted molar refractivity (Wildman–Crippen MR) is 138 cm³/mol. The summed E-state index contributed by atoms with van der Waals surface area (Å²) >= 11 is -2.26. The van der Waals surface area contributed by atoms with Gasteiger partial charge in [-0.2, -0.15) is 45.6 Å². The maximum atomic E-state index is 13.0. The molecular weight excluding hydrogens is 617 g/mol. The fraction of sp³-hybridized carbons (Fsp3) is 0.100. The average molecular weight is 633 g/mol. The van der Waals surface area contributed by atoms with Crippen LogP contribution in [0.1, 0.15) is 6.92 Å². The van der Waals surface area contributed by atoms with Crippen molar-refractivity contribution >= 4 is 75.2 Å². The molecule has 0 aromatic heterocycles. The fourth-order valence-corrected chi connectivity index (χ4v) is 6.02. The largest absolute Gasteiger partial charge is 0.302 e. The molecular formula is C20H16N4O12S4. The van der Waals surface area contributed by atoms with Gasteiger partial charge in [0.2, 0.25) is 0 Å². The van der Waals surface area contributed by atoms with E-state index >= 15 is 0 Å². The lowest BCUT2D eigenvalue weighted by molar-refractivity contribution is -0.117. The third kappa shape index (κ3) is 5.83. The Bertz CT molecular complexity index is 1990. The molecule has 2 atom stereocenters. The third-order valence-electron chi connectivity index (χ3n) is 5.48. The van der Waals surface area contributed by atoms with Crippen LogP contribution < -0.4 is 5.01 Å². The molecule has 1 amide bonds. The number of benzene rings is 3. The van der Waals surface area contributed by atoms with Gasteiger partial charge < -0.3 is 4.55 Å². The van der Waals surface area contributed by atoms with E-state index in [0.717, 1.165) is 11.1 Å². The quantitative estimate of drug-likeness (QED) is 0.166. The Kier molecular flexibility index (Phi) is 7.49. The highest BCUT2D eigenvalue weighted by Crippen LogP contribution is 2.36. The molecule has 3 aromatic rings. The molecule has 0 saturated heterocycles. The Morgan fingerprint density at radius 2 is 1.48 bits per heavy atom. The minimum Gasteiger partial charge on any atom is -0.302 e. The van der Waals surface area contributed by atoms with Gasteiger partial charge >= 0.3 is 0 Å². The van der Waals surface area contributed by atoms with E-state index in [1.54, 1.807) is 0 Å². The first-order chi connectivity index (χ1) is 18.4. The zero-order valence-electron chi connectivity index (χ0n) is 19.7. The van der Waals surface area contributed by atoms with E-state index < -0.39 is 84.5 Å². The van der Waals surface area contributed by atoms with Gasteiger partial charge in [-0.1, -0.05) is 0 Å². The Labute approximate surface area is 228 Å². The molecule has 212 valence electrons. The maximum Gasteiger partial charge on any atom is 0.296 e. The van der Waals surface area contributed by atoms with Crippen molar-refractivity contribution in [3.8, 4) is 0 Å². The number of hydrogen-bond donors (Lipinski definition) is 4. The SMILES string of the molecule is CC1=NN(c2ccc(S(=O)O)cc2)C(=O)C1N=Nc1cc2c(S(=O)(=O)O)cc(S(=O)(=O)O)cc2cc1S(=O)(=O)O. The number of hydrazone groups is 1. The molecule has 20 heteroatoms. The first kappa shape index (κ1) is 29.5. The summed E-state index contributed by atoms with van der Waals surface area (Å²) in [5, 5.41) is 11.6. The third-order valence-corrected chi connectivity index (χ3v) is 8.76. The zero-order valence-corrected chi connectivity index (χ0v) is 22.9. The van der Waals surface area contributed by atoms with Gasteiger partial charge in [-0.3, -0.25) is 18.5 Å². The van der Waals surface area contributed by atoms with Crippen LogP contribution in [-0.2, 0) is 46.2 Å². The van der Waals surface area contributed by atoms with Crippen molar-refractivity contribution in [3.05, 3.63) is 48.5 Å². The Morgan fingerprint density at radius 3 is 2.00 bits per heavy atom. The highest BCUT2D eigenvalue weighted by atomic mass is 32.2. The van der Waals surface area contributed by atoms with Gasteiger partial charge in [0.05, 0.1) is 21.2 Å². The number of rotatable bonds is 7. The normalized spacial score (nSPS) is 17.5. The highest BCUT2D eigenvalue weighted by molar-refractivity contribution is 7.87. The molecule has 4 rings (SSSR count). The smallest absolute Gasteiger partial charge is 0.296 e. The van der Waals surface area contributed by atoms with Crippen molar-refractivity contribution in [2.24, 2.45) is 15.3 Å². The molecule has 0 saturated carbocycles. The number of fused-ring (bicyclic) bond motifs is 1. The van der Waals surface area contributed by atoms with Crippen LogP contribution in [-0.4, -0.2) is 65.3 Å². The van der Waals surface area contributed by atoms with Crippen molar-refractivity contribution in [2.75, 3.05) is 5.01 Å². The summed E-state index contributed by atoms with van der Waals surface area (Å²) < 4.78 is 120. The molecule has 4 N–H and O–H groups in total. The molecule has 2 unspecified atom stereocenters. The lowest BCUT2D eigenvalue weighted by atomic mass is 10.1. The van der Waals surface area contributed by atoms with Crippen molar-refractivity contribution in [3.63, 3.8) is 0 Å². The van der Waals surface area contributed by atoms with Crippen LogP contribution in [0.15, 0.2) is 83.4 Å². The van der Waals surface area contributed by atoms with Crippen LogP contribution in [0, 0.1) is 0 Å². The monoisotopic (exact) mass is 632 g/mol. The van der Waals surface area contributed by atoms with E-state index in [1.807, 2.05) is 0 Å². The van der Waals surface area contributed by atoms with Crippen molar-refractivity contribution in [1.29, 1.82) is 0 Å². The molecule has 3 aromatic carbocycles. The molecule has 0 aliphatic carbocycles. The number of carbonyl (C=O) groups is 1. The number of nitrogens with zero attached hydrogens (tertiary/aromatic N) is 4. The van der Waals surface area contributed by atoms with Gasteiger partial charge in [0.1, 0.15) is 15.5 Å².